The molecule has 0 aliphatic carbocycles. The lowest BCUT2D eigenvalue weighted by molar-refractivity contribution is 0.244. The first-order chi connectivity index (χ1) is 8.65. The van der Waals surface area contributed by atoms with Crippen LogP contribution in [0.25, 0.3) is 0 Å². The zero-order valence-corrected chi connectivity index (χ0v) is 12.8. The molecule has 2 nitrogen and oxygen atoms in total. The Labute approximate surface area is 122 Å². The van der Waals surface area contributed by atoms with E-state index in [0.717, 1.165) is 21.3 Å². The highest BCUT2D eigenvalue weighted by molar-refractivity contribution is 9.10. The molecule has 4 heteroatoms. The van der Waals surface area contributed by atoms with Crippen LogP contribution in [0.1, 0.15) is 18.5 Å². The van der Waals surface area contributed by atoms with Crippen molar-refractivity contribution in [3.05, 3.63) is 33.3 Å². The Bertz CT molecular complexity index is 439. The van der Waals surface area contributed by atoms with Gasteiger partial charge in [0.2, 0.25) is 0 Å². The Kier molecular flexibility index (Phi) is 3.68. The van der Waals surface area contributed by atoms with Crippen LogP contribution < -0.4 is 5.32 Å². The smallest absolute Gasteiger partial charge is 0.0464 e. The molecule has 3 atom stereocenters. The summed E-state index contributed by atoms with van der Waals surface area (Å²) in [6.45, 7) is 7.03. The minimum absolute atomic E-state index is 0.413. The van der Waals surface area contributed by atoms with Crippen molar-refractivity contribution in [2.24, 2.45) is 11.8 Å². The first-order valence-electron chi connectivity index (χ1n) is 6.55. The molecule has 0 spiro atoms. The fourth-order valence-electron chi connectivity index (χ4n) is 3.24. The van der Waals surface area contributed by atoms with Gasteiger partial charge in [0.1, 0.15) is 0 Å². The molecule has 3 rings (SSSR count). The minimum Gasteiger partial charge on any atom is -0.316 e. The molecule has 1 unspecified atom stereocenters. The maximum absolute atomic E-state index is 6.35. The Morgan fingerprint density at radius 3 is 2.61 bits per heavy atom. The summed E-state index contributed by atoms with van der Waals surface area (Å²) in [5.74, 6) is 1.67. The molecule has 1 aromatic carbocycles. The summed E-state index contributed by atoms with van der Waals surface area (Å²) in [6, 6.07) is 6.63. The fourth-order valence-corrected chi connectivity index (χ4v) is 4.08. The van der Waals surface area contributed by atoms with Gasteiger partial charge in [0, 0.05) is 28.6 Å². The molecular weight excluding hydrogens is 312 g/mol. The summed E-state index contributed by atoms with van der Waals surface area (Å²) in [7, 11) is 0. The molecule has 0 aromatic heterocycles. The van der Waals surface area contributed by atoms with Gasteiger partial charge in [-0.15, -0.1) is 0 Å². The van der Waals surface area contributed by atoms with Gasteiger partial charge in [-0.1, -0.05) is 33.6 Å². The van der Waals surface area contributed by atoms with Gasteiger partial charge in [0.05, 0.1) is 0 Å². The minimum atomic E-state index is 0.413. The molecule has 1 aromatic rings. The topological polar surface area (TPSA) is 15.3 Å². The molecule has 0 saturated carbocycles. The van der Waals surface area contributed by atoms with Gasteiger partial charge >= 0.3 is 0 Å². The van der Waals surface area contributed by atoms with Crippen LogP contribution in [0.5, 0.6) is 0 Å². The van der Waals surface area contributed by atoms with Crippen molar-refractivity contribution in [3.8, 4) is 0 Å². The SMILES string of the molecule is CC(c1ccc(Br)cc1Cl)N1C[C@H]2CNC[C@H]2C1. The van der Waals surface area contributed by atoms with Gasteiger partial charge in [-0.05, 0) is 49.5 Å². The Hall–Kier alpha value is -0.0900. The first-order valence-corrected chi connectivity index (χ1v) is 7.72. The number of fused-ring (bicyclic) bond motifs is 1. The number of benzene rings is 1. The van der Waals surface area contributed by atoms with Gasteiger partial charge in [-0.3, -0.25) is 4.90 Å². The lowest BCUT2D eigenvalue weighted by Gasteiger charge is -2.26. The average Bonchev–Trinajstić information content (AvgIpc) is 2.87. The van der Waals surface area contributed by atoms with Crippen LogP contribution in [0.2, 0.25) is 5.02 Å². The average molecular weight is 330 g/mol. The van der Waals surface area contributed by atoms with E-state index in [0.29, 0.717) is 6.04 Å². The van der Waals surface area contributed by atoms with E-state index in [4.69, 9.17) is 11.6 Å². The molecule has 2 heterocycles. The molecule has 0 radical (unpaired) electrons. The number of nitrogens with one attached hydrogen (secondary N) is 1. The highest BCUT2D eigenvalue weighted by Crippen LogP contribution is 2.35. The maximum Gasteiger partial charge on any atom is 0.0464 e. The summed E-state index contributed by atoms with van der Waals surface area (Å²) in [6.07, 6.45) is 0. The predicted octanol–water partition coefficient (Wildman–Crippen LogP) is 3.31. The Balaban J connectivity index is 1.76. The third-order valence-corrected chi connectivity index (χ3v) is 5.20. The van der Waals surface area contributed by atoms with E-state index < -0.39 is 0 Å². The molecule has 0 bridgehead atoms. The van der Waals surface area contributed by atoms with E-state index in [1.165, 1.54) is 31.7 Å². The molecule has 0 amide bonds. The van der Waals surface area contributed by atoms with Crippen molar-refractivity contribution in [2.75, 3.05) is 26.2 Å². The fraction of sp³-hybridized carbons (Fsp3) is 0.571. The monoisotopic (exact) mass is 328 g/mol. The number of rotatable bonds is 2. The third-order valence-electron chi connectivity index (χ3n) is 4.38. The van der Waals surface area contributed by atoms with Gasteiger partial charge in [-0.25, -0.2) is 0 Å². The number of likely N-dealkylation sites (tertiary alicyclic amines) is 1. The van der Waals surface area contributed by atoms with Crippen LogP contribution in [0.4, 0.5) is 0 Å². The lowest BCUT2D eigenvalue weighted by atomic mass is 10.0. The van der Waals surface area contributed by atoms with Gasteiger partial charge in [-0.2, -0.15) is 0 Å². The van der Waals surface area contributed by atoms with Crippen LogP contribution >= 0.6 is 27.5 Å². The normalized spacial score (nSPS) is 29.5. The number of halogens is 2. The summed E-state index contributed by atoms with van der Waals surface area (Å²) in [4.78, 5) is 2.57. The number of hydrogen-bond acceptors (Lipinski definition) is 2. The lowest BCUT2D eigenvalue weighted by Crippen LogP contribution is -2.28. The van der Waals surface area contributed by atoms with Gasteiger partial charge in [0.25, 0.3) is 0 Å². The highest BCUT2D eigenvalue weighted by Gasteiger charge is 2.38. The predicted molar refractivity (Wildman–Crippen MR) is 79.0 cm³/mol. The van der Waals surface area contributed by atoms with Crippen molar-refractivity contribution in [1.82, 2.24) is 10.2 Å². The summed E-state index contributed by atoms with van der Waals surface area (Å²) in [5.41, 5.74) is 1.24. The second-order valence-electron chi connectivity index (χ2n) is 5.47. The van der Waals surface area contributed by atoms with Crippen molar-refractivity contribution < 1.29 is 0 Å². The van der Waals surface area contributed by atoms with Crippen LogP contribution in [0, 0.1) is 11.8 Å². The van der Waals surface area contributed by atoms with Crippen LogP contribution in [-0.4, -0.2) is 31.1 Å². The number of nitrogens with zero attached hydrogens (tertiary/aromatic N) is 1. The number of hydrogen-bond donors (Lipinski definition) is 1. The molecule has 98 valence electrons. The van der Waals surface area contributed by atoms with Crippen molar-refractivity contribution in [3.63, 3.8) is 0 Å². The quantitative estimate of drug-likeness (QED) is 0.895. The Morgan fingerprint density at radius 1 is 1.33 bits per heavy atom. The third kappa shape index (κ3) is 2.34. The molecule has 2 aliphatic rings. The molecule has 2 fully saturated rings. The van der Waals surface area contributed by atoms with Crippen molar-refractivity contribution in [1.29, 1.82) is 0 Å². The second-order valence-corrected chi connectivity index (χ2v) is 6.80. The summed E-state index contributed by atoms with van der Waals surface area (Å²) >= 11 is 9.82. The zero-order chi connectivity index (χ0) is 12.7. The zero-order valence-electron chi connectivity index (χ0n) is 10.5. The van der Waals surface area contributed by atoms with E-state index in [9.17, 15) is 0 Å². The van der Waals surface area contributed by atoms with E-state index in [2.05, 4.69) is 45.2 Å². The summed E-state index contributed by atoms with van der Waals surface area (Å²) < 4.78 is 1.05. The van der Waals surface area contributed by atoms with Crippen LogP contribution in [-0.2, 0) is 0 Å². The van der Waals surface area contributed by atoms with E-state index in [1.807, 2.05) is 6.07 Å². The molecule has 18 heavy (non-hydrogen) atoms. The standard InChI is InChI=1S/C14H18BrClN2/c1-9(13-3-2-12(15)4-14(13)16)18-7-10-5-17-6-11(10)8-18/h2-4,9-11,17H,5-8H2,1H3/t9?,10-,11+. The molecular formula is C14H18BrClN2. The molecule has 2 aliphatic heterocycles. The van der Waals surface area contributed by atoms with Crippen LogP contribution in [0.3, 0.4) is 0 Å². The van der Waals surface area contributed by atoms with Gasteiger partial charge < -0.3 is 5.32 Å². The highest BCUT2D eigenvalue weighted by atomic mass is 79.9. The Morgan fingerprint density at radius 2 is 2.00 bits per heavy atom. The summed E-state index contributed by atoms with van der Waals surface area (Å²) in [5, 5.41) is 4.35. The van der Waals surface area contributed by atoms with Gasteiger partial charge in [0.15, 0.2) is 0 Å². The largest absolute Gasteiger partial charge is 0.316 e. The van der Waals surface area contributed by atoms with Crippen molar-refractivity contribution in [2.45, 2.75) is 13.0 Å². The van der Waals surface area contributed by atoms with E-state index in [-0.39, 0.29) is 0 Å². The van der Waals surface area contributed by atoms with E-state index in [1.54, 1.807) is 0 Å². The van der Waals surface area contributed by atoms with Crippen LogP contribution in [0.15, 0.2) is 22.7 Å². The first kappa shape index (κ1) is 12.9. The molecule has 2 saturated heterocycles. The second kappa shape index (κ2) is 5.12. The maximum atomic E-state index is 6.35. The molecule has 1 N–H and O–H groups in total. The van der Waals surface area contributed by atoms with Crippen molar-refractivity contribution >= 4 is 27.5 Å². The van der Waals surface area contributed by atoms with E-state index >= 15 is 0 Å².